The number of nitrogens with zero attached hydrogens (tertiary/aromatic N) is 4. The van der Waals surface area contributed by atoms with Gasteiger partial charge in [0.2, 0.25) is 0 Å². The smallest absolute Gasteiger partial charge is 0.335 e. The number of rotatable bonds is 5. The Morgan fingerprint density at radius 3 is 2.46 bits per heavy atom. The van der Waals surface area contributed by atoms with Gasteiger partial charge in [-0.15, -0.1) is 0 Å². The van der Waals surface area contributed by atoms with Crippen LogP contribution in [-0.4, -0.2) is 30.0 Å². The summed E-state index contributed by atoms with van der Waals surface area (Å²) in [4.78, 5) is 38.1. The largest absolute Gasteiger partial charge is 0.478 e. The maximum atomic E-state index is 13.4. The Morgan fingerprint density at radius 2 is 1.71 bits per heavy atom. The summed E-state index contributed by atoms with van der Waals surface area (Å²) in [6.45, 7) is 4.05. The number of carboxylic acid groups (broad SMARTS) is 1. The summed E-state index contributed by atoms with van der Waals surface area (Å²) in [5.74, 6) is -1.07. The van der Waals surface area contributed by atoms with Gasteiger partial charge < -0.3 is 5.11 Å². The molecule has 0 amide bonds. The molecule has 0 aliphatic carbocycles. The van der Waals surface area contributed by atoms with Crippen molar-refractivity contribution in [3.05, 3.63) is 98.7 Å². The number of benzene rings is 3. The number of aromatic carboxylic acids is 1. The molecule has 0 saturated carbocycles. The van der Waals surface area contributed by atoms with Gasteiger partial charge in [0.1, 0.15) is 5.39 Å². The normalized spacial score (nSPS) is 11.5. The van der Waals surface area contributed by atoms with Crippen LogP contribution in [0.3, 0.4) is 0 Å². The van der Waals surface area contributed by atoms with Gasteiger partial charge in [0.05, 0.1) is 17.8 Å². The van der Waals surface area contributed by atoms with Crippen LogP contribution >= 0.6 is 0 Å². The fraction of sp³-hybridized carbons (Fsp3) is 0.185. The second-order valence-corrected chi connectivity index (χ2v) is 8.84. The minimum Gasteiger partial charge on any atom is -0.478 e. The van der Waals surface area contributed by atoms with Crippen LogP contribution in [0, 0.1) is 0 Å². The zero-order valence-electron chi connectivity index (χ0n) is 19.6. The van der Waals surface area contributed by atoms with Gasteiger partial charge in [-0.2, -0.15) is 5.10 Å². The highest BCUT2D eigenvalue weighted by atomic mass is 16.4. The Balaban J connectivity index is 1.88. The Hall–Kier alpha value is -4.46. The molecule has 1 N–H and O–H groups in total. The average molecular weight is 469 g/mol. The van der Waals surface area contributed by atoms with E-state index in [1.54, 1.807) is 16.8 Å². The summed E-state index contributed by atoms with van der Waals surface area (Å²) in [7, 11) is 1.45. The van der Waals surface area contributed by atoms with Gasteiger partial charge in [-0.1, -0.05) is 54.6 Å². The Bertz CT molecular complexity index is 1740. The van der Waals surface area contributed by atoms with Crippen LogP contribution in [0.1, 0.15) is 35.8 Å². The summed E-state index contributed by atoms with van der Waals surface area (Å²) >= 11 is 0. The molecule has 0 spiro atoms. The minimum absolute atomic E-state index is 0.0996. The number of fused-ring (bicyclic) bond motifs is 2. The van der Waals surface area contributed by atoms with Crippen LogP contribution in [0.5, 0.6) is 0 Å². The molecular weight excluding hydrogens is 444 g/mol. The van der Waals surface area contributed by atoms with Gasteiger partial charge in [-0.05, 0) is 42.3 Å². The molecule has 2 aromatic heterocycles. The van der Waals surface area contributed by atoms with Crippen molar-refractivity contribution < 1.29 is 9.90 Å². The number of carboxylic acids is 1. The van der Waals surface area contributed by atoms with Gasteiger partial charge in [-0.25, -0.2) is 9.59 Å². The van der Waals surface area contributed by atoms with Gasteiger partial charge in [0.25, 0.3) is 5.56 Å². The minimum atomic E-state index is -1.07. The molecule has 3 aromatic carbocycles. The monoisotopic (exact) mass is 468 g/mol. The highest BCUT2D eigenvalue weighted by Crippen LogP contribution is 2.30. The molecule has 0 saturated heterocycles. The molecule has 0 aliphatic heterocycles. The van der Waals surface area contributed by atoms with E-state index in [0.29, 0.717) is 17.8 Å². The van der Waals surface area contributed by atoms with Crippen LogP contribution in [0.25, 0.3) is 33.1 Å². The van der Waals surface area contributed by atoms with Crippen LogP contribution < -0.4 is 11.2 Å². The fourth-order valence-corrected chi connectivity index (χ4v) is 4.59. The van der Waals surface area contributed by atoms with Crippen molar-refractivity contribution in [3.63, 3.8) is 0 Å². The third kappa shape index (κ3) is 3.63. The van der Waals surface area contributed by atoms with E-state index in [2.05, 4.69) is 0 Å². The molecule has 5 rings (SSSR count). The van der Waals surface area contributed by atoms with Gasteiger partial charge in [0, 0.05) is 18.7 Å². The SMILES string of the molecule is CC(C)n1c(=O)n(C)c(=O)c2c(-c3cccc(C(=O)O)c3)n(Cc3cccc4ccccc34)nc21. The number of aromatic nitrogens is 4. The van der Waals surface area contributed by atoms with E-state index < -0.39 is 17.2 Å². The summed E-state index contributed by atoms with van der Waals surface area (Å²) < 4.78 is 4.28. The molecule has 0 bridgehead atoms. The second kappa shape index (κ2) is 8.39. The third-order valence-corrected chi connectivity index (χ3v) is 6.27. The molecule has 35 heavy (non-hydrogen) atoms. The Kier molecular flexibility index (Phi) is 5.36. The summed E-state index contributed by atoms with van der Waals surface area (Å²) in [5.41, 5.74) is 1.47. The van der Waals surface area contributed by atoms with Gasteiger partial charge in [0.15, 0.2) is 5.65 Å². The first kappa shape index (κ1) is 22.3. The first-order valence-electron chi connectivity index (χ1n) is 11.3. The predicted molar refractivity (Wildman–Crippen MR) is 135 cm³/mol. The standard InChI is InChI=1S/C27H24N4O4/c1-16(2)31-24-22(25(32)29(3)27(31)35)23(18-10-7-11-19(14-18)26(33)34)30(28-24)15-20-12-6-9-17-8-4-5-13-21(17)20/h4-14,16H,15H2,1-3H3,(H,33,34). The van der Waals surface area contributed by atoms with Crippen molar-refractivity contribution in [2.24, 2.45) is 7.05 Å². The molecular formula is C27H24N4O4. The molecule has 8 nitrogen and oxygen atoms in total. The van der Waals surface area contributed by atoms with Gasteiger partial charge in [-0.3, -0.25) is 18.6 Å². The van der Waals surface area contributed by atoms with Crippen molar-refractivity contribution in [1.82, 2.24) is 18.9 Å². The summed E-state index contributed by atoms with van der Waals surface area (Å²) in [6, 6.07) is 20.2. The van der Waals surface area contributed by atoms with Crippen LogP contribution in [0.15, 0.2) is 76.3 Å². The molecule has 176 valence electrons. The zero-order chi connectivity index (χ0) is 24.9. The topological polar surface area (TPSA) is 99.1 Å². The van der Waals surface area contributed by atoms with Crippen molar-refractivity contribution in [3.8, 4) is 11.3 Å². The first-order valence-corrected chi connectivity index (χ1v) is 11.3. The third-order valence-electron chi connectivity index (χ3n) is 6.27. The fourth-order valence-electron chi connectivity index (χ4n) is 4.59. The lowest BCUT2D eigenvalue weighted by molar-refractivity contribution is 0.0697. The summed E-state index contributed by atoms with van der Waals surface area (Å²) in [5, 5.41) is 16.7. The van der Waals surface area contributed by atoms with E-state index in [-0.39, 0.29) is 22.6 Å². The van der Waals surface area contributed by atoms with Gasteiger partial charge >= 0.3 is 11.7 Å². The van der Waals surface area contributed by atoms with E-state index in [9.17, 15) is 19.5 Å². The van der Waals surface area contributed by atoms with E-state index in [1.165, 1.54) is 23.7 Å². The first-order chi connectivity index (χ1) is 16.8. The lowest BCUT2D eigenvalue weighted by Crippen LogP contribution is -2.38. The lowest BCUT2D eigenvalue weighted by atomic mass is 10.0. The highest BCUT2D eigenvalue weighted by Gasteiger charge is 2.24. The Morgan fingerprint density at radius 1 is 1.00 bits per heavy atom. The number of hydrogen-bond acceptors (Lipinski definition) is 4. The van der Waals surface area contributed by atoms with Crippen LogP contribution in [-0.2, 0) is 13.6 Å². The molecule has 0 fully saturated rings. The second-order valence-electron chi connectivity index (χ2n) is 8.84. The van der Waals surface area contributed by atoms with E-state index in [1.807, 2.05) is 56.3 Å². The van der Waals surface area contributed by atoms with Crippen molar-refractivity contribution in [2.75, 3.05) is 0 Å². The maximum absolute atomic E-state index is 13.4. The summed E-state index contributed by atoms with van der Waals surface area (Å²) in [6.07, 6.45) is 0. The molecule has 8 heteroatoms. The lowest BCUT2D eigenvalue weighted by Gasteiger charge is -2.12. The maximum Gasteiger partial charge on any atom is 0.335 e. The van der Waals surface area contributed by atoms with Crippen LogP contribution in [0.4, 0.5) is 0 Å². The molecule has 2 heterocycles. The number of carbonyl (C=O) groups is 1. The average Bonchev–Trinajstić information content (AvgIpc) is 3.21. The quantitative estimate of drug-likeness (QED) is 0.420. The van der Waals surface area contributed by atoms with Crippen LogP contribution in [0.2, 0.25) is 0 Å². The van der Waals surface area contributed by atoms with E-state index in [4.69, 9.17) is 5.10 Å². The van der Waals surface area contributed by atoms with E-state index in [0.717, 1.165) is 20.9 Å². The molecule has 5 aromatic rings. The van der Waals surface area contributed by atoms with Crippen molar-refractivity contribution in [1.29, 1.82) is 0 Å². The molecule has 0 aliphatic rings. The van der Waals surface area contributed by atoms with Crippen molar-refractivity contribution >= 4 is 27.8 Å². The zero-order valence-corrected chi connectivity index (χ0v) is 19.6. The molecule has 0 unspecified atom stereocenters. The Labute approximate surface area is 200 Å². The highest BCUT2D eigenvalue weighted by molar-refractivity contribution is 5.94. The van der Waals surface area contributed by atoms with Crippen molar-refractivity contribution in [2.45, 2.75) is 26.4 Å². The predicted octanol–water partition coefficient (Wildman–Crippen LogP) is 4.04. The number of hydrogen-bond donors (Lipinski definition) is 1. The molecule has 0 atom stereocenters. The molecule has 0 radical (unpaired) electrons. The van der Waals surface area contributed by atoms with E-state index >= 15 is 0 Å².